The molecule has 1 fully saturated rings. The standard InChI is InChI=1S/C14H11N5O3S/c20-11-4-3-9(16-17-11)14(21)19-6-8(7-19)13-15-12(18-22-13)10-2-1-5-23-10/h1-5,8H,6-7H2,(H,17,20). The Morgan fingerprint density at radius 2 is 2.22 bits per heavy atom. The van der Waals surface area contributed by atoms with Crippen molar-refractivity contribution in [3.8, 4) is 10.7 Å². The van der Waals surface area contributed by atoms with E-state index in [2.05, 4.69) is 20.3 Å². The molecule has 4 heterocycles. The maximum Gasteiger partial charge on any atom is 0.274 e. The van der Waals surface area contributed by atoms with Crippen molar-refractivity contribution < 1.29 is 9.32 Å². The fraction of sp³-hybridized carbons (Fsp3) is 0.214. The number of carbonyl (C=O) groups is 1. The Morgan fingerprint density at radius 1 is 1.35 bits per heavy atom. The van der Waals surface area contributed by atoms with Gasteiger partial charge in [-0.05, 0) is 17.5 Å². The first kappa shape index (κ1) is 13.8. The van der Waals surface area contributed by atoms with E-state index in [9.17, 15) is 9.59 Å². The molecule has 1 aliphatic rings. The molecule has 1 N–H and O–H groups in total. The van der Waals surface area contributed by atoms with Gasteiger partial charge in [-0.3, -0.25) is 9.59 Å². The van der Waals surface area contributed by atoms with Crippen LogP contribution in [0.3, 0.4) is 0 Å². The molecule has 3 aromatic heterocycles. The minimum absolute atomic E-state index is 0.0305. The van der Waals surface area contributed by atoms with Crippen LogP contribution in [0.2, 0.25) is 0 Å². The third-order valence-electron chi connectivity index (χ3n) is 3.60. The molecule has 0 atom stereocenters. The molecule has 1 saturated heterocycles. The van der Waals surface area contributed by atoms with Gasteiger partial charge in [-0.15, -0.1) is 11.3 Å². The minimum atomic E-state index is -0.338. The van der Waals surface area contributed by atoms with Gasteiger partial charge in [0.25, 0.3) is 11.5 Å². The Labute approximate surface area is 133 Å². The van der Waals surface area contributed by atoms with Crippen LogP contribution in [0.25, 0.3) is 10.7 Å². The molecule has 4 rings (SSSR count). The first-order chi connectivity index (χ1) is 11.2. The molecule has 0 saturated carbocycles. The maximum atomic E-state index is 12.2. The number of aromatic nitrogens is 4. The lowest BCUT2D eigenvalue weighted by Crippen LogP contribution is -2.49. The van der Waals surface area contributed by atoms with Gasteiger partial charge >= 0.3 is 0 Å². The molecule has 0 unspecified atom stereocenters. The summed E-state index contributed by atoms with van der Waals surface area (Å²) in [6, 6.07) is 6.55. The van der Waals surface area contributed by atoms with Crippen molar-refractivity contribution in [2.75, 3.05) is 13.1 Å². The summed E-state index contributed by atoms with van der Waals surface area (Å²) in [7, 11) is 0. The maximum absolute atomic E-state index is 12.2. The van der Waals surface area contributed by atoms with Gasteiger partial charge in [0.15, 0.2) is 0 Å². The number of nitrogens with zero attached hydrogens (tertiary/aromatic N) is 4. The molecule has 0 spiro atoms. The van der Waals surface area contributed by atoms with Crippen molar-refractivity contribution in [2.45, 2.75) is 5.92 Å². The number of nitrogens with one attached hydrogen (secondary N) is 1. The second-order valence-electron chi connectivity index (χ2n) is 5.15. The van der Waals surface area contributed by atoms with Crippen molar-refractivity contribution in [3.05, 3.63) is 51.6 Å². The zero-order valence-corrected chi connectivity index (χ0v) is 12.6. The first-order valence-corrected chi connectivity index (χ1v) is 7.81. The second kappa shape index (κ2) is 5.43. The van der Waals surface area contributed by atoms with Crippen molar-refractivity contribution in [3.63, 3.8) is 0 Å². The normalized spacial score (nSPS) is 14.7. The molecule has 0 aromatic carbocycles. The summed E-state index contributed by atoms with van der Waals surface area (Å²) in [5, 5.41) is 11.9. The Hall–Kier alpha value is -2.81. The molecular formula is C14H11N5O3S. The van der Waals surface area contributed by atoms with Gasteiger partial charge in [-0.1, -0.05) is 11.2 Å². The van der Waals surface area contributed by atoms with E-state index in [1.165, 1.54) is 12.1 Å². The molecule has 8 nitrogen and oxygen atoms in total. The van der Waals surface area contributed by atoms with E-state index >= 15 is 0 Å². The van der Waals surface area contributed by atoms with Crippen molar-refractivity contribution >= 4 is 17.2 Å². The lowest BCUT2D eigenvalue weighted by atomic mass is 9.99. The Bertz CT molecular complexity index is 875. The van der Waals surface area contributed by atoms with Crippen LogP contribution in [0.1, 0.15) is 22.3 Å². The van der Waals surface area contributed by atoms with Gasteiger partial charge < -0.3 is 9.42 Å². The van der Waals surface area contributed by atoms with Crippen LogP contribution in [0, 0.1) is 0 Å². The highest BCUT2D eigenvalue weighted by atomic mass is 32.1. The molecule has 23 heavy (non-hydrogen) atoms. The zero-order valence-electron chi connectivity index (χ0n) is 11.8. The van der Waals surface area contributed by atoms with Crippen LogP contribution < -0.4 is 5.56 Å². The van der Waals surface area contributed by atoms with Crippen LogP contribution in [0.15, 0.2) is 39.0 Å². The molecule has 1 amide bonds. The van der Waals surface area contributed by atoms with Gasteiger partial charge in [0.05, 0.1) is 10.8 Å². The van der Waals surface area contributed by atoms with Gasteiger partial charge in [-0.25, -0.2) is 5.10 Å². The SMILES string of the molecule is O=C(c1ccc(=O)[nH]n1)N1CC(c2nc(-c3cccs3)no2)C1. The third kappa shape index (κ3) is 2.55. The smallest absolute Gasteiger partial charge is 0.274 e. The van der Waals surface area contributed by atoms with Gasteiger partial charge in [0.1, 0.15) is 5.69 Å². The van der Waals surface area contributed by atoms with Gasteiger partial charge in [-0.2, -0.15) is 10.1 Å². The van der Waals surface area contributed by atoms with Gasteiger partial charge in [0.2, 0.25) is 11.7 Å². The van der Waals surface area contributed by atoms with Crippen molar-refractivity contribution in [2.24, 2.45) is 0 Å². The Balaban J connectivity index is 1.42. The van der Waals surface area contributed by atoms with Gasteiger partial charge in [0, 0.05) is 19.2 Å². The highest BCUT2D eigenvalue weighted by Gasteiger charge is 2.36. The number of carbonyl (C=O) groups excluding carboxylic acids is 1. The van der Waals surface area contributed by atoms with Crippen LogP contribution in [0.5, 0.6) is 0 Å². The summed E-state index contributed by atoms with van der Waals surface area (Å²) >= 11 is 1.54. The molecule has 116 valence electrons. The monoisotopic (exact) mass is 329 g/mol. The zero-order chi connectivity index (χ0) is 15.8. The number of hydrogen-bond donors (Lipinski definition) is 1. The number of amides is 1. The molecule has 1 aliphatic heterocycles. The van der Waals surface area contributed by atoms with E-state index in [0.29, 0.717) is 24.8 Å². The average molecular weight is 329 g/mol. The molecule has 9 heteroatoms. The fourth-order valence-electron chi connectivity index (χ4n) is 2.33. The predicted molar refractivity (Wildman–Crippen MR) is 81.1 cm³/mol. The molecule has 0 radical (unpaired) electrons. The number of H-pyrrole nitrogens is 1. The molecular weight excluding hydrogens is 318 g/mol. The van der Waals surface area contributed by atoms with Crippen molar-refractivity contribution in [1.29, 1.82) is 0 Å². The first-order valence-electron chi connectivity index (χ1n) is 6.93. The summed E-state index contributed by atoms with van der Waals surface area (Å²) in [5.74, 6) is 0.910. The summed E-state index contributed by atoms with van der Waals surface area (Å²) in [6.07, 6.45) is 0. The predicted octanol–water partition coefficient (Wildman–Crippen LogP) is 1.12. The molecule has 0 aliphatic carbocycles. The number of rotatable bonds is 3. The second-order valence-corrected chi connectivity index (χ2v) is 6.09. The summed E-state index contributed by atoms with van der Waals surface area (Å²) in [6.45, 7) is 0.984. The van der Waals surface area contributed by atoms with Crippen LogP contribution in [-0.2, 0) is 0 Å². The quantitative estimate of drug-likeness (QED) is 0.772. The summed E-state index contributed by atoms with van der Waals surface area (Å²) < 4.78 is 5.29. The topological polar surface area (TPSA) is 105 Å². The van der Waals surface area contributed by atoms with Crippen LogP contribution in [-0.4, -0.2) is 44.2 Å². The fourth-order valence-corrected chi connectivity index (χ4v) is 2.98. The molecule has 0 bridgehead atoms. The van der Waals surface area contributed by atoms with E-state index in [-0.39, 0.29) is 23.1 Å². The van der Waals surface area contributed by atoms with Crippen LogP contribution >= 0.6 is 11.3 Å². The average Bonchev–Trinajstić information content (AvgIpc) is 3.17. The largest absolute Gasteiger partial charge is 0.339 e. The van der Waals surface area contributed by atoms with Crippen molar-refractivity contribution in [1.82, 2.24) is 25.2 Å². The highest BCUT2D eigenvalue weighted by Crippen LogP contribution is 2.29. The van der Waals surface area contributed by atoms with E-state index in [1.807, 2.05) is 17.5 Å². The Kier molecular flexibility index (Phi) is 3.27. The lowest BCUT2D eigenvalue weighted by Gasteiger charge is -2.36. The number of aromatic amines is 1. The number of thiophene rings is 1. The lowest BCUT2D eigenvalue weighted by molar-refractivity contribution is 0.0562. The summed E-state index contributed by atoms with van der Waals surface area (Å²) in [5.41, 5.74) is -0.122. The minimum Gasteiger partial charge on any atom is -0.339 e. The van der Waals surface area contributed by atoms with Crippen LogP contribution in [0.4, 0.5) is 0 Å². The van der Waals surface area contributed by atoms with E-state index in [4.69, 9.17) is 4.52 Å². The van der Waals surface area contributed by atoms with E-state index < -0.39 is 0 Å². The number of likely N-dealkylation sites (tertiary alicyclic amines) is 1. The van der Waals surface area contributed by atoms with E-state index in [0.717, 1.165) is 4.88 Å². The Morgan fingerprint density at radius 3 is 2.91 bits per heavy atom. The van der Waals surface area contributed by atoms with E-state index in [1.54, 1.807) is 16.2 Å². The number of hydrogen-bond acceptors (Lipinski definition) is 7. The highest BCUT2D eigenvalue weighted by molar-refractivity contribution is 7.13. The molecule has 3 aromatic rings. The summed E-state index contributed by atoms with van der Waals surface area (Å²) in [4.78, 5) is 30.1. The third-order valence-corrected chi connectivity index (χ3v) is 4.47.